The highest BCUT2D eigenvalue weighted by molar-refractivity contribution is 14.1. The van der Waals surface area contributed by atoms with Crippen LogP contribution in [0.2, 0.25) is 10.0 Å². The largest absolute Gasteiger partial charge is 0.480 e. The molecule has 0 fully saturated rings. The SMILES string of the molecule is COc1nc2nonc2nc1Cc1ccc(-c2ccc(C)cc2)cc1.COc1nc2nonc2nc1Cc1ccc(C)c(Br)c1.COc1nc2nonc2nc1Cc1ccc(C)c(Cl)c1.COc1nc2nonc2nc1Cc1ccc(C)cc1Cl.COc1nc2nonc2nc1Cc1ccc(C)cc1I.COc1nc2nonc2nc1Cc1cccc(C)c1. The van der Waals surface area contributed by atoms with Crippen molar-refractivity contribution < 1.29 is 56.2 Å². The average molecular weight is 1890 g/mol. The molecule has 0 aliphatic carbocycles. The first-order valence-corrected chi connectivity index (χ1v) is 40.2. The van der Waals surface area contributed by atoms with Crippen LogP contribution >= 0.6 is 61.7 Å². The molecular weight excluding hydrogens is 1810 g/mol. The van der Waals surface area contributed by atoms with Gasteiger partial charge < -0.3 is 28.4 Å². The fourth-order valence-corrected chi connectivity index (χ4v) is 14.0. The van der Waals surface area contributed by atoms with Crippen molar-refractivity contribution in [3.63, 3.8) is 0 Å². The summed E-state index contributed by atoms with van der Waals surface area (Å²) < 4.78 is 61.5. The zero-order chi connectivity index (χ0) is 86.9. The lowest BCUT2D eigenvalue weighted by molar-refractivity contribution is 0.313. The number of aromatic nitrogens is 24. The molecule has 0 unspecified atom stereocenters. The quantitative estimate of drug-likeness (QED) is 0.0678. The van der Waals surface area contributed by atoms with E-state index in [0.717, 1.165) is 59.8 Å². The van der Waals surface area contributed by atoms with Gasteiger partial charge in [0.2, 0.25) is 103 Å². The Morgan fingerprint density at radius 3 is 0.911 bits per heavy atom. The van der Waals surface area contributed by atoms with E-state index in [9.17, 15) is 0 Å². The molecule has 0 spiro atoms. The van der Waals surface area contributed by atoms with E-state index in [0.29, 0.717) is 169 Å². The molecule has 0 saturated heterocycles. The fraction of sp³-hybridized carbons (Fsp3) is 0.214. The first kappa shape index (κ1) is 86.4. The number of methoxy groups -OCH3 is 6. The maximum atomic E-state index is 6.24. The molecule has 0 radical (unpaired) electrons. The molecule has 0 N–H and O–H groups in total. The summed E-state index contributed by atoms with van der Waals surface area (Å²) in [7, 11) is 9.31. The van der Waals surface area contributed by atoms with Gasteiger partial charge in [-0.2, -0.15) is 29.9 Å². The molecule has 0 aliphatic rings. The Hall–Kier alpha value is -14.0. The lowest BCUT2D eigenvalue weighted by Gasteiger charge is -2.08. The van der Waals surface area contributed by atoms with Gasteiger partial charge in [0, 0.05) is 56.6 Å². The van der Waals surface area contributed by atoms with Gasteiger partial charge >= 0.3 is 0 Å². The third-order valence-electron chi connectivity index (χ3n) is 18.6. The van der Waals surface area contributed by atoms with E-state index in [4.69, 9.17) is 51.6 Å². The molecule has 124 heavy (non-hydrogen) atoms. The lowest BCUT2D eigenvalue weighted by atomic mass is 10.0. The van der Waals surface area contributed by atoms with Crippen molar-refractivity contribution in [2.45, 2.75) is 80.1 Å². The molecule has 7 aromatic carbocycles. The lowest BCUT2D eigenvalue weighted by Crippen LogP contribution is -2.02. The van der Waals surface area contributed by atoms with Gasteiger partial charge in [0.05, 0.1) is 42.7 Å². The molecule has 0 bridgehead atoms. The molecule has 40 heteroatoms. The second-order valence-corrected chi connectivity index (χ2v) is 30.3. The molecule has 0 saturated carbocycles. The van der Waals surface area contributed by atoms with E-state index >= 15 is 0 Å². The van der Waals surface area contributed by atoms with Crippen LogP contribution in [0.5, 0.6) is 35.3 Å². The predicted molar refractivity (Wildman–Crippen MR) is 463 cm³/mol. The van der Waals surface area contributed by atoms with Gasteiger partial charge in [0.25, 0.3) is 0 Å². The molecule has 19 aromatic rings. The van der Waals surface area contributed by atoms with Crippen molar-refractivity contribution in [1.82, 2.24) is 122 Å². The smallest absolute Gasteiger partial charge is 0.246 e. The zero-order valence-electron chi connectivity index (χ0n) is 68.2. The van der Waals surface area contributed by atoms with Gasteiger partial charge in [0.1, 0.15) is 34.2 Å². The van der Waals surface area contributed by atoms with Crippen LogP contribution in [0.15, 0.2) is 178 Å². The Kier molecular flexibility index (Phi) is 28.0. The molecule has 0 atom stereocenters. The van der Waals surface area contributed by atoms with Crippen LogP contribution in [0, 0.1) is 45.1 Å². The number of nitrogens with zero attached hydrogens (tertiary/aromatic N) is 24. The predicted octanol–water partition coefficient (Wildman–Crippen LogP) is 15.9. The van der Waals surface area contributed by atoms with Crippen molar-refractivity contribution >= 4 is 129 Å². The maximum Gasteiger partial charge on any atom is 0.246 e. The van der Waals surface area contributed by atoms with Crippen LogP contribution in [0.4, 0.5) is 0 Å². The molecule has 628 valence electrons. The van der Waals surface area contributed by atoms with E-state index in [-0.39, 0.29) is 0 Å². The standard InChI is InChI=1S/C19H16N4O2.C13H11BrN4O2.2C13H11ClN4O2.C13H11IN4O2.C13H12N4O2/c1-12-3-7-14(8-4-12)15-9-5-13(6-10-15)11-16-19(24-2)21-18-17(20-16)22-25-23-18;2*1-7-3-4-8(5-9(7)14)6-10-13(19-2)16-12-11(15-10)17-20-18-12;2*1-7-3-4-8(9(14)5-7)6-10-13(19-2)16-12-11(15-10)17-20-18-12;1-8-4-3-5-9(6-8)7-10-13(18-2)15-12-11(14-10)16-19-17-12/h3-10H,11H2,1-2H3;4*3-5H,6H2,1-2H3;3-6H,7H2,1-2H3. The molecule has 12 heterocycles. The summed E-state index contributed by atoms with van der Waals surface area (Å²) in [6.07, 6.45) is 3.47. The third-order valence-corrected chi connectivity index (χ3v) is 21.2. The van der Waals surface area contributed by atoms with Crippen LogP contribution in [0.25, 0.3) is 78.9 Å². The van der Waals surface area contributed by atoms with E-state index in [1.54, 1.807) is 28.4 Å². The molecule has 12 aromatic heterocycles. The summed E-state index contributed by atoms with van der Waals surface area (Å²) in [6.45, 7) is 12.2. The van der Waals surface area contributed by atoms with Crippen molar-refractivity contribution in [3.8, 4) is 46.4 Å². The minimum atomic E-state index is 0.320. The highest BCUT2D eigenvalue weighted by Gasteiger charge is 2.22. The molecule has 0 amide bonds. The highest BCUT2D eigenvalue weighted by Crippen LogP contribution is 2.31. The van der Waals surface area contributed by atoms with Crippen molar-refractivity contribution in [3.05, 3.63) is 265 Å². The van der Waals surface area contributed by atoms with Gasteiger partial charge in [0.15, 0.2) is 0 Å². The second-order valence-electron chi connectivity index (χ2n) is 27.5. The van der Waals surface area contributed by atoms with Crippen LogP contribution in [-0.4, -0.2) is 164 Å². The number of aryl methyl sites for hydroxylation is 6. The maximum absolute atomic E-state index is 6.24. The van der Waals surface area contributed by atoms with E-state index in [1.165, 1.54) is 56.7 Å². The molecule has 0 aliphatic heterocycles. The highest BCUT2D eigenvalue weighted by atomic mass is 127. The number of benzene rings is 7. The summed E-state index contributed by atoms with van der Waals surface area (Å²) in [5.41, 5.74) is 24.3. The Morgan fingerprint density at radius 1 is 0.274 bits per heavy atom. The molecular formula is C84H72BrCl2IN24O12. The summed E-state index contributed by atoms with van der Waals surface area (Å²) >= 11 is 18.2. The Labute approximate surface area is 736 Å². The van der Waals surface area contributed by atoms with Gasteiger partial charge in [-0.1, -0.05) is 177 Å². The number of hydrogen-bond donors (Lipinski definition) is 0. The summed E-state index contributed by atoms with van der Waals surface area (Å²) in [4.78, 5) is 51.7. The van der Waals surface area contributed by atoms with Crippen molar-refractivity contribution in [2.75, 3.05) is 42.7 Å². The van der Waals surface area contributed by atoms with Crippen LogP contribution < -0.4 is 28.4 Å². The summed E-state index contributed by atoms with van der Waals surface area (Å²) in [6, 6.07) is 49.3. The van der Waals surface area contributed by atoms with Crippen molar-refractivity contribution in [1.29, 1.82) is 0 Å². The number of fused-ring (bicyclic) bond motifs is 6. The summed E-state index contributed by atoms with van der Waals surface area (Å²) in [5.74, 6) is 2.57. The first-order valence-electron chi connectivity index (χ1n) is 37.6. The average Bonchev–Trinajstić information content (AvgIpc) is 1.63. The fourth-order valence-electron chi connectivity index (χ4n) is 12.2. The van der Waals surface area contributed by atoms with E-state index < -0.39 is 0 Å². The first-order chi connectivity index (χ1) is 60.2. The topological polar surface area (TPSA) is 444 Å². The molecule has 19 rings (SSSR count). The van der Waals surface area contributed by atoms with Crippen molar-refractivity contribution in [2.24, 2.45) is 0 Å². The molecule has 36 nitrogen and oxygen atoms in total. The minimum Gasteiger partial charge on any atom is -0.480 e. The monoisotopic (exact) mass is 1880 g/mol. The third kappa shape index (κ3) is 21.5. The Bertz CT molecular complexity index is 6680. The van der Waals surface area contributed by atoms with E-state index in [2.05, 4.69) is 300 Å². The van der Waals surface area contributed by atoms with Crippen LogP contribution in [0.3, 0.4) is 0 Å². The number of rotatable bonds is 19. The number of hydrogen-bond acceptors (Lipinski definition) is 36. The summed E-state index contributed by atoms with van der Waals surface area (Å²) in [5, 5.41) is 45.6. The van der Waals surface area contributed by atoms with Gasteiger partial charge in [-0.15, -0.1) is 0 Å². The normalized spacial score (nSPS) is 10.9. The zero-order valence-corrected chi connectivity index (χ0v) is 73.5. The Balaban J connectivity index is 0.000000121. The second kappa shape index (κ2) is 40.1. The van der Waals surface area contributed by atoms with Crippen LogP contribution in [-0.2, 0) is 38.5 Å². The van der Waals surface area contributed by atoms with E-state index in [1.807, 2.05) is 75.4 Å². The minimum absolute atomic E-state index is 0.320. The van der Waals surface area contributed by atoms with Gasteiger partial charge in [-0.25, -0.2) is 57.7 Å². The number of ether oxygens (including phenoxy) is 6. The number of halogens is 4. The van der Waals surface area contributed by atoms with Crippen LogP contribution in [0.1, 0.15) is 101 Å². The van der Waals surface area contributed by atoms with Gasteiger partial charge in [-0.3, -0.25) is 0 Å². The van der Waals surface area contributed by atoms with Gasteiger partial charge in [-0.05, 0) is 211 Å². The Morgan fingerprint density at radius 2 is 0.565 bits per heavy atom.